The molecule has 3 rings (SSSR count). The summed E-state index contributed by atoms with van der Waals surface area (Å²) < 4.78 is 18.8. The number of nitrogens with zero attached hydrogens (tertiary/aromatic N) is 4. The van der Waals surface area contributed by atoms with Gasteiger partial charge in [-0.1, -0.05) is 12.1 Å². The third-order valence-corrected chi connectivity index (χ3v) is 4.08. The normalized spacial score (nSPS) is 17.4. The molecule has 6 nitrogen and oxygen atoms in total. The number of benzene rings is 1. The van der Waals surface area contributed by atoms with Crippen molar-refractivity contribution in [2.45, 2.75) is 12.5 Å². The Morgan fingerprint density at radius 1 is 1.32 bits per heavy atom. The van der Waals surface area contributed by atoms with E-state index in [0.717, 1.165) is 11.3 Å². The van der Waals surface area contributed by atoms with Crippen molar-refractivity contribution in [2.24, 2.45) is 0 Å². The first-order chi connectivity index (χ1) is 12.0. The number of halogens is 1. The molecule has 1 aliphatic heterocycles. The van der Waals surface area contributed by atoms with Crippen molar-refractivity contribution in [1.29, 1.82) is 0 Å². The maximum absolute atomic E-state index is 13.0. The van der Waals surface area contributed by atoms with Gasteiger partial charge in [0, 0.05) is 26.8 Å². The second-order valence-corrected chi connectivity index (χ2v) is 6.18. The van der Waals surface area contributed by atoms with Crippen molar-refractivity contribution in [1.82, 2.24) is 14.9 Å². The predicted octanol–water partition coefficient (Wildman–Crippen LogP) is 1.82. The first-order valence-electron chi connectivity index (χ1n) is 8.17. The number of morpholine rings is 1. The van der Waals surface area contributed by atoms with Gasteiger partial charge >= 0.3 is 0 Å². The van der Waals surface area contributed by atoms with E-state index >= 15 is 0 Å². The molecule has 2 heterocycles. The number of carbonyl (C=O) groups is 1. The van der Waals surface area contributed by atoms with E-state index in [1.165, 1.54) is 12.1 Å². The molecule has 1 atom stereocenters. The SMILES string of the molecule is CN(C)c1nccc([C@@H]2CN(C(=O)Cc3ccc(F)cc3)CCO2)n1. The van der Waals surface area contributed by atoms with E-state index in [-0.39, 0.29) is 24.2 Å². The second-order valence-electron chi connectivity index (χ2n) is 6.18. The summed E-state index contributed by atoms with van der Waals surface area (Å²) in [6, 6.07) is 7.83. The van der Waals surface area contributed by atoms with Crippen LogP contribution in [0, 0.1) is 5.82 Å². The molecule has 0 N–H and O–H groups in total. The lowest BCUT2D eigenvalue weighted by atomic mass is 10.1. The summed E-state index contributed by atoms with van der Waals surface area (Å²) >= 11 is 0. The van der Waals surface area contributed by atoms with E-state index in [2.05, 4.69) is 9.97 Å². The molecule has 0 spiro atoms. The van der Waals surface area contributed by atoms with Gasteiger partial charge in [-0.3, -0.25) is 4.79 Å². The van der Waals surface area contributed by atoms with Gasteiger partial charge in [0.05, 0.1) is 25.3 Å². The molecule has 0 aliphatic carbocycles. The smallest absolute Gasteiger partial charge is 0.227 e. The Labute approximate surface area is 146 Å². The molecule has 0 unspecified atom stereocenters. The third kappa shape index (κ3) is 4.30. The fourth-order valence-electron chi connectivity index (χ4n) is 2.70. The minimum atomic E-state index is -0.303. The molecule has 1 fully saturated rings. The van der Waals surface area contributed by atoms with Gasteiger partial charge in [0.25, 0.3) is 0 Å². The van der Waals surface area contributed by atoms with Crippen LogP contribution in [-0.2, 0) is 16.0 Å². The average Bonchev–Trinajstić information content (AvgIpc) is 2.64. The first-order valence-corrected chi connectivity index (χ1v) is 8.17. The molecule has 1 aromatic carbocycles. The van der Waals surface area contributed by atoms with Crippen LogP contribution in [0.15, 0.2) is 36.5 Å². The summed E-state index contributed by atoms with van der Waals surface area (Å²) in [5.74, 6) is 0.306. The highest BCUT2D eigenvalue weighted by atomic mass is 19.1. The van der Waals surface area contributed by atoms with Crippen molar-refractivity contribution in [3.63, 3.8) is 0 Å². The predicted molar refractivity (Wildman–Crippen MR) is 91.7 cm³/mol. The molecule has 0 saturated carbocycles. The summed E-state index contributed by atoms with van der Waals surface area (Å²) in [6.45, 7) is 1.45. The Balaban J connectivity index is 1.67. The summed E-state index contributed by atoms with van der Waals surface area (Å²) in [7, 11) is 3.75. The highest BCUT2D eigenvalue weighted by Crippen LogP contribution is 2.22. The third-order valence-electron chi connectivity index (χ3n) is 4.08. The number of aromatic nitrogens is 2. The minimum absolute atomic E-state index is 0.00166. The molecular formula is C18H21FN4O2. The number of rotatable bonds is 4. The van der Waals surface area contributed by atoms with Crippen molar-refractivity contribution in [2.75, 3.05) is 38.7 Å². The van der Waals surface area contributed by atoms with E-state index in [1.54, 1.807) is 23.2 Å². The zero-order valence-corrected chi connectivity index (χ0v) is 14.4. The van der Waals surface area contributed by atoms with Crippen LogP contribution >= 0.6 is 0 Å². The van der Waals surface area contributed by atoms with Crippen LogP contribution in [-0.4, -0.2) is 54.6 Å². The Kier molecular flexibility index (Phi) is 5.23. The van der Waals surface area contributed by atoms with Crippen LogP contribution < -0.4 is 4.90 Å². The maximum atomic E-state index is 13.0. The fourth-order valence-corrected chi connectivity index (χ4v) is 2.70. The minimum Gasteiger partial charge on any atom is -0.368 e. The molecule has 1 saturated heterocycles. The van der Waals surface area contributed by atoms with Crippen LogP contribution in [0.1, 0.15) is 17.4 Å². The lowest BCUT2D eigenvalue weighted by Gasteiger charge is -2.33. The second kappa shape index (κ2) is 7.57. The number of ether oxygens (including phenoxy) is 1. The Bertz CT molecular complexity index is 736. The van der Waals surface area contributed by atoms with Gasteiger partial charge in [0.2, 0.25) is 11.9 Å². The molecule has 132 valence electrons. The van der Waals surface area contributed by atoms with E-state index in [4.69, 9.17) is 4.74 Å². The van der Waals surface area contributed by atoms with Gasteiger partial charge in [-0.15, -0.1) is 0 Å². The van der Waals surface area contributed by atoms with Gasteiger partial charge in [0.1, 0.15) is 11.9 Å². The molecule has 2 aromatic rings. The molecule has 1 aliphatic rings. The number of anilines is 1. The number of carbonyl (C=O) groups excluding carboxylic acids is 1. The van der Waals surface area contributed by atoms with Gasteiger partial charge in [-0.2, -0.15) is 0 Å². The zero-order chi connectivity index (χ0) is 17.8. The summed E-state index contributed by atoms with van der Waals surface area (Å²) in [5, 5.41) is 0. The van der Waals surface area contributed by atoms with Crippen molar-refractivity contribution in [3.05, 3.63) is 53.6 Å². The van der Waals surface area contributed by atoms with E-state index < -0.39 is 0 Å². The van der Waals surface area contributed by atoms with Crippen LogP contribution in [0.5, 0.6) is 0 Å². The summed E-state index contributed by atoms with van der Waals surface area (Å²) in [6.07, 6.45) is 1.67. The van der Waals surface area contributed by atoms with Crippen LogP contribution in [0.25, 0.3) is 0 Å². The van der Waals surface area contributed by atoms with E-state index in [1.807, 2.05) is 25.1 Å². The van der Waals surface area contributed by atoms with Gasteiger partial charge in [0.15, 0.2) is 0 Å². The lowest BCUT2D eigenvalue weighted by Crippen LogP contribution is -2.43. The summed E-state index contributed by atoms with van der Waals surface area (Å²) in [5.41, 5.74) is 1.56. The largest absolute Gasteiger partial charge is 0.368 e. The van der Waals surface area contributed by atoms with Crippen molar-refractivity contribution >= 4 is 11.9 Å². The number of hydrogen-bond acceptors (Lipinski definition) is 5. The lowest BCUT2D eigenvalue weighted by molar-refractivity contribution is -0.138. The molecule has 25 heavy (non-hydrogen) atoms. The monoisotopic (exact) mass is 344 g/mol. The molecule has 7 heteroatoms. The molecular weight excluding hydrogens is 323 g/mol. The van der Waals surface area contributed by atoms with Crippen LogP contribution in [0.4, 0.5) is 10.3 Å². The Hall–Kier alpha value is -2.54. The van der Waals surface area contributed by atoms with Crippen molar-refractivity contribution in [3.8, 4) is 0 Å². The van der Waals surface area contributed by atoms with Crippen LogP contribution in [0.2, 0.25) is 0 Å². The van der Waals surface area contributed by atoms with E-state index in [9.17, 15) is 9.18 Å². The molecule has 0 radical (unpaired) electrons. The highest BCUT2D eigenvalue weighted by Gasteiger charge is 2.26. The molecule has 0 bridgehead atoms. The average molecular weight is 344 g/mol. The standard InChI is InChI=1S/C18H21FN4O2/c1-22(2)18-20-8-7-15(21-18)16-12-23(9-10-25-16)17(24)11-13-3-5-14(19)6-4-13/h3-8,16H,9-12H2,1-2H3/t16-/m0/s1. The quantitative estimate of drug-likeness (QED) is 0.847. The molecule has 1 aromatic heterocycles. The van der Waals surface area contributed by atoms with Crippen molar-refractivity contribution < 1.29 is 13.9 Å². The zero-order valence-electron chi connectivity index (χ0n) is 14.4. The Morgan fingerprint density at radius 3 is 2.80 bits per heavy atom. The maximum Gasteiger partial charge on any atom is 0.227 e. The Morgan fingerprint density at radius 2 is 2.08 bits per heavy atom. The van der Waals surface area contributed by atoms with Crippen LogP contribution in [0.3, 0.4) is 0 Å². The summed E-state index contributed by atoms with van der Waals surface area (Å²) in [4.78, 5) is 24.8. The van der Waals surface area contributed by atoms with Gasteiger partial charge in [-0.25, -0.2) is 14.4 Å². The fraction of sp³-hybridized carbons (Fsp3) is 0.389. The number of amides is 1. The highest BCUT2D eigenvalue weighted by molar-refractivity contribution is 5.78. The van der Waals surface area contributed by atoms with Gasteiger partial charge in [-0.05, 0) is 23.8 Å². The topological polar surface area (TPSA) is 58.6 Å². The molecule has 1 amide bonds. The first kappa shape index (κ1) is 17.3. The number of hydrogen-bond donors (Lipinski definition) is 0. The van der Waals surface area contributed by atoms with E-state index in [0.29, 0.717) is 25.6 Å². The van der Waals surface area contributed by atoms with Gasteiger partial charge < -0.3 is 14.5 Å².